The van der Waals surface area contributed by atoms with Gasteiger partial charge in [0.15, 0.2) is 0 Å². The number of nitrogens with one attached hydrogen (secondary N) is 1. The quantitative estimate of drug-likeness (QED) is 0.896. The van der Waals surface area contributed by atoms with Gasteiger partial charge < -0.3 is 5.32 Å². The third kappa shape index (κ3) is 4.56. The van der Waals surface area contributed by atoms with Gasteiger partial charge in [-0.3, -0.25) is 14.7 Å². The summed E-state index contributed by atoms with van der Waals surface area (Å²) in [5, 5.41) is 3.01. The summed E-state index contributed by atoms with van der Waals surface area (Å²) in [6.45, 7) is 5.57. The molecule has 2 rings (SSSR count). The number of pyridine rings is 1. The fourth-order valence-electron chi connectivity index (χ4n) is 2.53. The largest absolute Gasteiger partial charge is 0.356 e. The molecule has 1 unspecified atom stereocenters. The molecule has 0 spiro atoms. The molecule has 5 heteroatoms. The summed E-state index contributed by atoms with van der Waals surface area (Å²) >= 11 is 3.39. The lowest BCUT2D eigenvalue weighted by Crippen LogP contribution is -2.42. The zero-order chi connectivity index (χ0) is 14.4. The molecule has 0 aromatic carbocycles. The van der Waals surface area contributed by atoms with Crippen LogP contribution in [0.5, 0.6) is 0 Å². The highest BCUT2D eigenvalue weighted by atomic mass is 79.9. The van der Waals surface area contributed by atoms with E-state index in [4.69, 9.17) is 0 Å². The third-order valence-corrected chi connectivity index (χ3v) is 4.07. The molecular weight excluding hydrogens is 318 g/mol. The first-order valence-electron chi connectivity index (χ1n) is 7.29. The number of carbonyl (C=O) groups excluding carboxylic acids is 1. The van der Waals surface area contributed by atoms with Crippen LogP contribution in [0.3, 0.4) is 0 Å². The van der Waals surface area contributed by atoms with Gasteiger partial charge in [-0.05, 0) is 53.9 Å². The third-order valence-electron chi connectivity index (χ3n) is 3.60. The van der Waals surface area contributed by atoms with E-state index >= 15 is 0 Å². The molecule has 1 atom stereocenters. The van der Waals surface area contributed by atoms with Gasteiger partial charge in [-0.25, -0.2) is 0 Å². The van der Waals surface area contributed by atoms with Crippen molar-refractivity contribution in [1.82, 2.24) is 15.2 Å². The molecule has 1 aromatic rings. The summed E-state index contributed by atoms with van der Waals surface area (Å²) in [6.07, 6.45) is 4.90. The first-order valence-corrected chi connectivity index (χ1v) is 8.09. The van der Waals surface area contributed by atoms with E-state index in [1.807, 2.05) is 18.3 Å². The van der Waals surface area contributed by atoms with E-state index in [1.54, 1.807) is 0 Å². The summed E-state index contributed by atoms with van der Waals surface area (Å²) in [4.78, 5) is 18.8. The van der Waals surface area contributed by atoms with Gasteiger partial charge in [-0.2, -0.15) is 0 Å². The zero-order valence-corrected chi connectivity index (χ0v) is 13.5. The molecule has 1 aliphatic rings. The number of halogens is 1. The number of nitrogens with zero attached hydrogens (tertiary/aromatic N) is 2. The molecule has 1 aliphatic heterocycles. The second-order valence-corrected chi connectivity index (χ2v) is 6.25. The maximum Gasteiger partial charge on any atom is 0.224 e. The Hall–Kier alpha value is -0.940. The van der Waals surface area contributed by atoms with Crippen LogP contribution in [0.4, 0.5) is 0 Å². The Morgan fingerprint density at radius 2 is 2.40 bits per heavy atom. The topological polar surface area (TPSA) is 45.2 Å². The number of piperidine rings is 1. The van der Waals surface area contributed by atoms with Gasteiger partial charge in [-0.15, -0.1) is 0 Å². The SMILES string of the molecule is CCCNC(=O)C1CCCN(Cc2ccc(Br)cn2)C1. The minimum absolute atomic E-state index is 0.130. The number of amides is 1. The summed E-state index contributed by atoms with van der Waals surface area (Å²) in [5.41, 5.74) is 1.06. The van der Waals surface area contributed by atoms with Crippen molar-refractivity contribution in [3.63, 3.8) is 0 Å². The van der Waals surface area contributed by atoms with E-state index in [9.17, 15) is 4.79 Å². The first-order chi connectivity index (χ1) is 9.69. The monoisotopic (exact) mass is 339 g/mol. The summed E-state index contributed by atoms with van der Waals surface area (Å²) < 4.78 is 0.997. The zero-order valence-electron chi connectivity index (χ0n) is 11.9. The van der Waals surface area contributed by atoms with Crippen LogP contribution in [0.1, 0.15) is 31.9 Å². The predicted octanol–water partition coefficient (Wildman–Crippen LogP) is 2.58. The van der Waals surface area contributed by atoms with Crippen molar-refractivity contribution in [2.24, 2.45) is 5.92 Å². The van der Waals surface area contributed by atoms with E-state index in [0.717, 1.165) is 55.6 Å². The number of aromatic nitrogens is 1. The maximum atomic E-state index is 12.0. The minimum atomic E-state index is 0.130. The second-order valence-electron chi connectivity index (χ2n) is 5.33. The fourth-order valence-corrected chi connectivity index (χ4v) is 2.77. The fraction of sp³-hybridized carbons (Fsp3) is 0.600. The average molecular weight is 340 g/mol. The molecule has 0 bridgehead atoms. The molecule has 2 heterocycles. The number of rotatable bonds is 5. The molecule has 20 heavy (non-hydrogen) atoms. The molecule has 4 nitrogen and oxygen atoms in total. The second kappa shape index (κ2) is 7.74. The molecule has 1 N–H and O–H groups in total. The Balaban J connectivity index is 1.86. The summed E-state index contributed by atoms with van der Waals surface area (Å²) in [6, 6.07) is 4.04. The predicted molar refractivity (Wildman–Crippen MR) is 83.2 cm³/mol. The van der Waals surface area contributed by atoms with Crippen LogP contribution in [0, 0.1) is 5.92 Å². The highest BCUT2D eigenvalue weighted by Gasteiger charge is 2.25. The highest BCUT2D eigenvalue weighted by Crippen LogP contribution is 2.18. The van der Waals surface area contributed by atoms with Crippen molar-refractivity contribution in [3.05, 3.63) is 28.5 Å². The van der Waals surface area contributed by atoms with Crippen LogP contribution in [0.25, 0.3) is 0 Å². The van der Waals surface area contributed by atoms with Crippen molar-refractivity contribution in [2.45, 2.75) is 32.7 Å². The molecule has 0 radical (unpaired) electrons. The van der Waals surface area contributed by atoms with Crippen molar-refractivity contribution >= 4 is 21.8 Å². The molecule has 0 saturated carbocycles. The van der Waals surface area contributed by atoms with Crippen LogP contribution in [0.15, 0.2) is 22.8 Å². The normalized spacial score (nSPS) is 19.8. The van der Waals surface area contributed by atoms with Crippen LogP contribution in [-0.4, -0.2) is 35.4 Å². The van der Waals surface area contributed by atoms with E-state index in [-0.39, 0.29) is 11.8 Å². The van der Waals surface area contributed by atoms with Crippen molar-refractivity contribution in [1.29, 1.82) is 0 Å². The molecule has 110 valence electrons. The van der Waals surface area contributed by atoms with Crippen LogP contribution >= 0.6 is 15.9 Å². The Bertz CT molecular complexity index is 435. The molecule has 1 fully saturated rings. The molecule has 1 aromatic heterocycles. The van der Waals surface area contributed by atoms with E-state index < -0.39 is 0 Å². The van der Waals surface area contributed by atoms with Gasteiger partial charge in [-0.1, -0.05) is 6.92 Å². The van der Waals surface area contributed by atoms with E-state index in [2.05, 4.69) is 38.1 Å². The molecule has 1 saturated heterocycles. The number of hydrogen-bond donors (Lipinski definition) is 1. The van der Waals surface area contributed by atoms with Crippen molar-refractivity contribution in [3.8, 4) is 0 Å². The lowest BCUT2D eigenvalue weighted by Gasteiger charge is -2.31. The molecule has 0 aliphatic carbocycles. The lowest BCUT2D eigenvalue weighted by atomic mass is 9.97. The summed E-state index contributed by atoms with van der Waals surface area (Å²) in [5.74, 6) is 0.339. The lowest BCUT2D eigenvalue weighted by molar-refractivity contribution is -0.126. The molecular formula is C15H22BrN3O. The molecule has 1 amide bonds. The Morgan fingerprint density at radius 1 is 1.55 bits per heavy atom. The average Bonchev–Trinajstić information content (AvgIpc) is 2.47. The highest BCUT2D eigenvalue weighted by molar-refractivity contribution is 9.10. The van der Waals surface area contributed by atoms with Gasteiger partial charge in [0.1, 0.15) is 0 Å². The Kier molecular flexibility index (Phi) is 5.98. The van der Waals surface area contributed by atoms with Gasteiger partial charge in [0.2, 0.25) is 5.91 Å². The summed E-state index contributed by atoms with van der Waals surface area (Å²) in [7, 11) is 0. The Labute approximate surface area is 129 Å². The Morgan fingerprint density at radius 3 is 3.10 bits per heavy atom. The maximum absolute atomic E-state index is 12.0. The van der Waals surface area contributed by atoms with Gasteiger partial charge in [0, 0.05) is 30.3 Å². The van der Waals surface area contributed by atoms with Crippen LogP contribution < -0.4 is 5.32 Å². The van der Waals surface area contributed by atoms with E-state index in [1.165, 1.54) is 0 Å². The minimum Gasteiger partial charge on any atom is -0.356 e. The van der Waals surface area contributed by atoms with Crippen LogP contribution in [0.2, 0.25) is 0 Å². The smallest absolute Gasteiger partial charge is 0.224 e. The van der Waals surface area contributed by atoms with Crippen molar-refractivity contribution in [2.75, 3.05) is 19.6 Å². The van der Waals surface area contributed by atoms with Gasteiger partial charge in [0.05, 0.1) is 11.6 Å². The van der Waals surface area contributed by atoms with Crippen molar-refractivity contribution < 1.29 is 4.79 Å². The van der Waals surface area contributed by atoms with Crippen LogP contribution in [-0.2, 0) is 11.3 Å². The van der Waals surface area contributed by atoms with Gasteiger partial charge in [0.25, 0.3) is 0 Å². The number of hydrogen-bond acceptors (Lipinski definition) is 3. The van der Waals surface area contributed by atoms with Gasteiger partial charge >= 0.3 is 0 Å². The number of carbonyl (C=O) groups is 1. The first kappa shape index (κ1) is 15.4. The standard InChI is InChI=1S/C15H22BrN3O/c1-2-7-17-15(20)12-4-3-8-19(10-12)11-14-6-5-13(16)9-18-14/h5-6,9,12H,2-4,7-8,10-11H2,1H3,(H,17,20). The number of likely N-dealkylation sites (tertiary alicyclic amines) is 1. The van der Waals surface area contributed by atoms with E-state index in [0.29, 0.717) is 0 Å².